The third kappa shape index (κ3) is 4.61. The first kappa shape index (κ1) is 28.6. The van der Waals surface area contributed by atoms with Gasteiger partial charge >= 0.3 is 0 Å². The molecule has 11 rings (SSSR count). The van der Waals surface area contributed by atoms with Crippen molar-refractivity contribution in [2.75, 3.05) is 0 Å². The van der Waals surface area contributed by atoms with Gasteiger partial charge in [-0.1, -0.05) is 91.0 Å². The lowest BCUT2D eigenvalue weighted by atomic mass is 10.0. The summed E-state index contributed by atoms with van der Waals surface area (Å²) in [7, 11) is 0. The van der Waals surface area contributed by atoms with E-state index < -0.39 is 0 Å². The van der Waals surface area contributed by atoms with Crippen LogP contribution in [0.15, 0.2) is 156 Å². The molecule has 0 aliphatic rings. The van der Waals surface area contributed by atoms with Crippen LogP contribution in [-0.2, 0) is 0 Å². The number of thiophene rings is 2. The second-order valence-electron chi connectivity index (χ2n) is 12.8. The summed E-state index contributed by atoms with van der Waals surface area (Å²) >= 11 is 3.65. The van der Waals surface area contributed by atoms with Crippen molar-refractivity contribution in [1.29, 1.82) is 0 Å². The highest BCUT2D eigenvalue weighted by Crippen LogP contribution is 2.42. The molecule has 4 heterocycles. The minimum absolute atomic E-state index is 0.624. The van der Waals surface area contributed by atoms with Crippen LogP contribution in [0.25, 0.3) is 108 Å². The number of benzene rings is 7. The number of furan rings is 1. The van der Waals surface area contributed by atoms with Crippen LogP contribution in [0.3, 0.4) is 0 Å². The Labute approximate surface area is 299 Å². The summed E-state index contributed by atoms with van der Waals surface area (Å²) in [5.41, 5.74) is 6.87. The van der Waals surface area contributed by atoms with Crippen LogP contribution in [0.4, 0.5) is 0 Å². The quantitative estimate of drug-likeness (QED) is 0.185. The fourth-order valence-corrected chi connectivity index (χ4v) is 9.60. The fourth-order valence-electron chi connectivity index (χ4n) is 7.27. The zero-order valence-corrected chi connectivity index (χ0v) is 28.6. The van der Waals surface area contributed by atoms with E-state index in [-0.39, 0.29) is 0 Å². The Kier molecular flexibility index (Phi) is 6.26. The Morgan fingerprint density at radius 3 is 1.76 bits per heavy atom. The minimum atomic E-state index is 0.624. The predicted molar refractivity (Wildman–Crippen MR) is 215 cm³/mol. The number of nitrogens with zero attached hydrogens (tertiary/aromatic N) is 3. The van der Waals surface area contributed by atoms with E-state index in [9.17, 15) is 0 Å². The largest absolute Gasteiger partial charge is 0.456 e. The molecule has 0 aliphatic heterocycles. The first-order chi connectivity index (χ1) is 25.2. The molecular formula is C45H25N3OS2. The molecule has 0 saturated heterocycles. The summed E-state index contributed by atoms with van der Waals surface area (Å²) in [5, 5.41) is 7.14. The van der Waals surface area contributed by atoms with Gasteiger partial charge in [-0.05, 0) is 71.8 Å². The maximum absolute atomic E-state index is 6.48. The van der Waals surface area contributed by atoms with Crippen LogP contribution in [0, 0.1) is 0 Å². The van der Waals surface area contributed by atoms with Gasteiger partial charge in [-0.3, -0.25) is 0 Å². The molecule has 0 spiro atoms. The van der Waals surface area contributed by atoms with Gasteiger partial charge in [0.1, 0.15) is 11.2 Å². The standard InChI is InChI=1S/C45H25N3OS2/c1-2-9-26(10-3-1)43-46-44(48-45(47-43)29-19-22-41-36(24-29)33-12-5-6-15-39(33)50-41)28-18-21-37-35(23-28)31-20-17-27(25-38(31)49-37)30-13-8-14-34-32-11-4-7-16-40(32)51-42(30)34/h1-25H. The van der Waals surface area contributed by atoms with Gasteiger partial charge in [0.05, 0.1) is 0 Å². The highest BCUT2D eigenvalue weighted by molar-refractivity contribution is 7.26. The van der Waals surface area contributed by atoms with Gasteiger partial charge in [0.25, 0.3) is 0 Å². The van der Waals surface area contributed by atoms with E-state index in [0.29, 0.717) is 17.5 Å². The van der Waals surface area contributed by atoms with E-state index in [0.717, 1.165) is 44.2 Å². The summed E-state index contributed by atoms with van der Waals surface area (Å²) < 4.78 is 11.6. The smallest absolute Gasteiger partial charge is 0.164 e. The zero-order chi connectivity index (χ0) is 33.5. The predicted octanol–water partition coefficient (Wildman–Crippen LogP) is 13.2. The SMILES string of the molecule is c1ccc(-c2nc(-c3ccc4oc5cc(-c6cccc7c6sc6ccccc67)ccc5c4c3)nc(-c3ccc4sc5ccccc5c4c3)n2)cc1. The van der Waals surface area contributed by atoms with E-state index in [2.05, 4.69) is 109 Å². The first-order valence-electron chi connectivity index (χ1n) is 16.8. The fraction of sp³-hybridized carbons (Fsp3) is 0. The van der Waals surface area contributed by atoms with Gasteiger partial charge in [-0.15, -0.1) is 22.7 Å². The van der Waals surface area contributed by atoms with Crippen LogP contribution >= 0.6 is 22.7 Å². The normalized spacial score (nSPS) is 11.9. The van der Waals surface area contributed by atoms with Crippen LogP contribution in [0.5, 0.6) is 0 Å². The third-order valence-corrected chi connectivity index (χ3v) is 12.1. The molecule has 11 aromatic rings. The average molecular weight is 688 g/mol. The Morgan fingerprint density at radius 1 is 0.353 bits per heavy atom. The van der Waals surface area contributed by atoms with E-state index in [1.807, 2.05) is 65.1 Å². The molecule has 0 N–H and O–H groups in total. The van der Waals surface area contributed by atoms with E-state index in [1.165, 1.54) is 45.9 Å². The van der Waals surface area contributed by atoms with Gasteiger partial charge in [-0.2, -0.15) is 0 Å². The Balaban J connectivity index is 1.05. The number of aromatic nitrogens is 3. The molecule has 4 nitrogen and oxygen atoms in total. The third-order valence-electron chi connectivity index (χ3n) is 9.75. The van der Waals surface area contributed by atoms with Crippen molar-refractivity contribution in [2.24, 2.45) is 0 Å². The van der Waals surface area contributed by atoms with Crippen molar-refractivity contribution in [3.8, 4) is 45.3 Å². The van der Waals surface area contributed by atoms with Crippen molar-refractivity contribution in [2.45, 2.75) is 0 Å². The lowest BCUT2D eigenvalue weighted by Crippen LogP contribution is -2.00. The molecule has 4 aromatic heterocycles. The topological polar surface area (TPSA) is 51.8 Å². The van der Waals surface area contributed by atoms with Gasteiger partial charge in [0.2, 0.25) is 0 Å². The number of rotatable bonds is 4. The molecule has 0 fully saturated rings. The summed E-state index contributed by atoms with van der Waals surface area (Å²) in [5.74, 6) is 1.91. The molecule has 0 aliphatic carbocycles. The minimum Gasteiger partial charge on any atom is -0.456 e. The van der Waals surface area contributed by atoms with E-state index in [4.69, 9.17) is 19.4 Å². The maximum atomic E-state index is 6.48. The van der Waals surface area contributed by atoms with E-state index >= 15 is 0 Å². The summed E-state index contributed by atoms with van der Waals surface area (Å²) in [6.45, 7) is 0. The zero-order valence-electron chi connectivity index (χ0n) is 27.0. The van der Waals surface area contributed by atoms with Crippen LogP contribution in [0.2, 0.25) is 0 Å². The Morgan fingerprint density at radius 2 is 0.961 bits per heavy atom. The molecular weight excluding hydrogens is 663 g/mol. The Hall–Kier alpha value is -6.21. The molecule has 238 valence electrons. The van der Waals surface area contributed by atoms with Crippen LogP contribution in [0.1, 0.15) is 0 Å². The first-order valence-corrected chi connectivity index (χ1v) is 18.5. The molecule has 51 heavy (non-hydrogen) atoms. The van der Waals surface area contributed by atoms with Crippen LogP contribution < -0.4 is 0 Å². The molecule has 0 atom stereocenters. The molecule has 0 unspecified atom stereocenters. The van der Waals surface area contributed by atoms with Crippen molar-refractivity contribution < 1.29 is 4.42 Å². The highest BCUT2D eigenvalue weighted by Gasteiger charge is 2.17. The molecule has 0 radical (unpaired) electrons. The number of fused-ring (bicyclic) bond motifs is 9. The summed E-state index contributed by atoms with van der Waals surface area (Å²) in [6.07, 6.45) is 0. The van der Waals surface area contributed by atoms with Gasteiger partial charge in [0, 0.05) is 67.8 Å². The van der Waals surface area contributed by atoms with Crippen molar-refractivity contribution >= 4 is 85.0 Å². The second kappa shape index (κ2) is 11.2. The molecule has 0 saturated carbocycles. The van der Waals surface area contributed by atoms with Gasteiger partial charge in [-0.25, -0.2) is 15.0 Å². The maximum Gasteiger partial charge on any atom is 0.164 e. The summed E-state index contributed by atoms with van der Waals surface area (Å²) in [4.78, 5) is 15.1. The van der Waals surface area contributed by atoms with E-state index in [1.54, 1.807) is 0 Å². The molecule has 6 heteroatoms. The summed E-state index contributed by atoms with van der Waals surface area (Å²) in [6, 6.07) is 53.2. The molecule has 7 aromatic carbocycles. The van der Waals surface area contributed by atoms with Crippen molar-refractivity contribution in [3.63, 3.8) is 0 Å². The Bertz CT molecular complexity index is 3160. The second-order valence-corrected chi connectivity index (χ2v) is 14.9. The number of hydrogen-bond acceptors (Lipinski definition) is 6. The molecule has 0 bridgehead atoms. The lowest BCUT2D eigenvalue weighted by Gasteiger charge is -2.09. The van der Waals surface area contributed by atoms with Crippen molar-refractivity contribution in [1.82, 2.24) is 15.0 Å². The highest BCUT2D eigenvalue weighted by atomic mass is 32.1. The van der Waals surface area contributed by atoms with Crippen molar-refractivity contribution in [3.05, 3.63) is 152 Å². The molecule has 0 amide bonds. The average Bonchev–Trinajstić information content (AvgIpc) is 3.88. The monoisotopic (exact) mass is 687 g/mol. The van der Waals surface area contributed by atoms with Gasteiger partial charge < -0.3 is 4.42 Å². The lowest BCUT2D eigenvalue weighted by molar-refractivity contribution is 0.669. The van der Waals surface area contributed by atoms with Gasteiger partial charge in [0.15, 0.2) is 17.5 Å². The number of hydrogen-bond donors (Lipinski definition) is 0. The van der Waals surface area contributed by atoms with Crippen LogP contribution in [-0.4, -0.2) is 15.0 Å².